The molecule has 1 unspecified atom stereocenters. The summed E-state index contributed by atoms with van der Waals surface area (Å²) >= 11 is 0. The first kappa shape index (κ1) is 16.1. The minimum absolute atomic E-state index is 0.227. The van der Waals surface area contributed by atoms with Gasteiger partial charge in [-0.1, -0.05) is 25.5 Å². The average molecular weight is 269 g/mol. The van der Waals surface area contributed by atoms with Gasteiger partial charge in [-0.15, -0.1) is 0 Å². The summed E-state index contributed by atoms with van der Waals surface area (Å²) in [6, 6.07) is 6.52. The van der Waals surface area contributed by atoms with E-state index in [1.165, 1.54) is 12.1 Å². The number of hydrogen-bond donors (Lipinski definition) is 1. The number of benzene rings is 1. The summed E-state index contributed by atoms with van der Waals surface area (Å²) in [5, 5.41) is 9.81. The minimum Gasteiger partial charge on any atom is -0.389 e. The van der Waals surface area contributed by atoms with Crippen LogP contribution in [0.15, 0.2) is 24.3 Å². The van der Waals surface area contributed by atoms with Gasteiger partial charge in [-0.25, -0.2) is 4.39 Å². The molecule has 4 heteroatoms. The first-order valence-corrected chi connectivity index (χ1v) is 6.80. The number of aliphatic hydroxyl groups excluding tert-OH is 1. The Kier molecular flexibility index (Phi) is 7.63. The Bertz CT molecular complexity index is 360. The Morgan fingerprint density at radius 2 is 2.21 bits per heavy atom. The molecule has 0 spiro atoms. The van der Waals surface area contributed by atoms with Crippen molar-refractivity contribution in [2.24, 2.45) is 0 Å². The number of hydrogen-bond acceptors (Lipinski definition) is 3. The van der Waals surface area contributed by atoms with Crippen molar-refractivity contribution in [2.75, 3.05) is 26.8 Å². The van der Waals surface area contributed by atoms with Gasteiger partial charge in [0.05, 0.1) is 12.7 Å². The molecule has 108 valence electrons. The third-order valence-corrected chi connectivity index (χ3v) is 2.82. The molecule has 0 amide bonds. The monoisotopic (exact) mass is 269 g/mol. The van der Waals surface area contributed by atoms with Crippen molar-refractivity contribution >= 4 is 0 Å². The predicted molar refractivity (Wildman–Crippen MR) is 74.5 cm³/mol. The number of halogens is 1. The van der Waals surface area contributed by atoms with Crippen LogP contribution < -0.4 is 0 Å². The number of nitrogens with zero attached hydrogens (tertiary/aromatic N) is 1. The van der Waals surface area contributed by atoms with Gasteiger partial charge in [0, 0.05) is 19.7 Å². The number of ether oxygens (including phenoxy) is 1. The van der Waals surface area contributed by atoms with Crippen LogP contribution in [0.25, 0.3) is 0 Å². The van der Waals surface area contributed by atoms with Gasteiger partial charge in [0.15, 0.2) is 0 Å². The van der Waals surface area contributed by atoms with Crippen LogP contribution in [0.4, 0.5) is 4.39 Å². The van der Waals surface area contributed by atoms with Crippen molar-refractivity contribution in [2.45, 2.75) is 32.4 Å². The standard InChI is InChI=1S/C15H24FNO2/c1-3-4-8-19-12-15(18)11-17(2)10-13-6-5-7-14(16)9-13/h5-7,9,15,18H,3-4,8,10-12H2,1-2H3. The Hall–Kier alpha value is -0.970. The van der Waals surface area contributed by atoms with E-state index in [9.17, 15) is 9.50 Å². The molecule has 0 aromatic heterocycles. The van der Waals surface area contributed by atoms with E-state index in [1.54, 1.807) is 6.07 Å². The van der Waals surface area contributed by atoms with Gasteiger partial charge in [0.2, 0.25) is 0 Å². The van der Waals surface area contributed by atoms with E-state index in [0.717, 1.165) is 18.4 Å². The van der Waals surface area contributed by atoms with E-state index in [-0.39, 0.29) is 5.82 Å². The summed E-state index contributed by atoms with van der Waals surface area (Å²) in [6.45, 7) is 4.29. The molecule has 1 atom stereocenters. The number of aliphatic hydroxyl groups is 1. The summed E-state index contributed by atoms with van der Waals surface area (Å²) in [4.78, 5) is 1.96. The SMILES string of the molecule is CCCCOCC(O)CN(C)Cc1cccc(F)c1. The molecule has 0 heterocycles. The van der Waals surface area contributed by atoms with Gasteiger partial charge in [-0.05, 0) is 31.2 Å². The van der Waals surface area contributed by atoms with Crippen LogP contribution in [0, 0.1) is 5.82 Å². The summed E-state index contributed by atoms with van der Waals surface area (Å²) in [7, 11) is 1.90. The lowest BCUT2D eigenvalue weighted by atomic mass is 10.2. The summed E-state index contributed by atoms with van der Waals surface area (Å²) in [5.74, 6) is -0.227. The fraction of sp³-hybridized carbons (Fsp3) is 0.600. The van der Waals surface area contributed by atoms with E-state index in [0.29, 0.717) is 26.3 Å². The average Bonchev–Trinajstić information content (AvgIpc) is 2.34. The van der Waals surface area contributed by atoms with E-state index < -0.39 is 6.10 Å². The zero-order valence-electron chi connectivity index (χ0n) is 11.8. The van der Waals surface area contributed by atoms with E-state index in [2.05, 4.69) is 6.92 Å². The maximum atomic E-state index is 13.0. The topological polar surface area (TPSA) is 32.7 Å². The Morgan fingerprint density at radius 1 is 1.42 bits per heavy atom. The first-order chi connectivity index (χ1) is 9.11. The maximum Gasteiger partial charge on any atom is 0.123 e. The highest BCUT2D eigenvalue weighted by molar-refractivity contribution is 5.15. The van der Waals surface area contributed by atoms with E-state index in [1.807, 2.05) is 18.0 Å². The van der Waals surface area contributed by atoms with Crippen LogP contribution in [-0.2, 0) is 11.3 Å². The number of likely N-dealkylation sites (N-methyl/N-ethyl adjacent to an activating group) is 1. The maximum absolute atomic E-state index is 13.0. The van der Waals surface area contributed by atoms with Crippen LogP contribution in [0.3, 0.4) is 0 Å². The molecule has 0 radical (unpaired) electrons. The second-order valence-electron chi connectivity index (χ2n) is 4.91. The van der Waals surface area contributed by atoms with Crippen molar-refractivity contribution in [3.05, 3.63) is 35.6 Å². The highest BCUT2D eigenvalue weighted by Crippen LogP contribution is 2.06. The molecule has 1 N–H and O–H groups in total. The lowest BCUT2D eigenvalue weighted by molar-refractivity contribution is 0.0188. The largest absolute Gasteiger partial charge is 0.389 e. The lowest BCUT2D eigenvalue weighted by Crippen LogP contribution is -2.32. The van der Waals surface area contributed by atoms with Gasteiger partial charge in [-0.3, -0.25) is 4.90 Å². The Labute approximate surface area is 115 Å². The van der Waals surface area contributed by atoms with E-state index in [4.69, 9.17) is 4.74 Å². The Balaban J connectivity index is 2.24. The van der Waals surface area contributed by atoms with Gasteiger partial charge < -0.3 is 9.84 Å². The van der Waals surface area contributed by atoms with Gasteiger partial charge in [-0.2, -0.15) is 0 Å². The molecule has 1 aromatic carbocycles. The van der Waals surface area contributed by atoms with Crippen molar-refractivity contribution < 1.29 is 14.2 Å². The highest BCUT2D eigenvalue weighted by atomic mass is 19.1. The molecule has 19 heavy (non-hydrogen) atoms. The van der Waals surface area contributed by atoms with Crippen LogP contribution in [0.2, 0.25) is 0 Å². The zero-order valence-corrected chi connectivity index (χ0v) is 11.8. The van der Waals surface area contributed by atoms with Crippen molar-refractivity contribution in [1.82, 2.24) is 4.90 Å². The third kappa shape index (κ3) is 7.25. The fourth-order valence-electron chi connectivity index (χ4n) is 1.89. The number of unbranched alkanes of at least 4 members (excludes halogenated alkanes) is 1. The summed E-state index contributed by atoms with van der Waals surface area (Å²) < 4.78 is 18.4. The van der Waals surface area contributed by atoms with E-state index >= 15 is 0 Å². The first-order valence-electron chi connectivity index (χ1n) is 6.80. The van der Waals surface area contributed by atoms with Gasteiger partial charge in [0.1, 0.15) is 5.82 Å². The fourth-order valence-corrected chi connectivity index (χ4v) is 1.89. The second kappa shape index (κ2) is 9.02. The third-order valence-electron chi connectivity index (χ3n) is 2.82. The smallest absolute Gasteiger partial charge is 0.123 e. The second-order valence-corrected chi connectivity index (χ2v) is 4.91. The molecule has 0 aliphatic heterocycles. The molecule has 0 bridgehead atoms. The minimum atomic E-state index is -0.504. The molecular formula is C15H24FNO2. The quantitative estimate of drug-likeness (QED) is 0.699. The molecule has 0 saturated carbocycles. The molecule has 0 aliphatic rings. The predicted octanol–water partition coefficient (Wildman–Crippen LogP) is 2.44. The lowest BCUT2D eigenvalue weighted by Gasteiger charge is -2.20. The van der Waals surface area contributed by atoms with Gasteiger partial charge in [0.25, 0.3) is 0 Å². The zero-order chi connectivity index (χ0) is 14.1. The van der Waals surface area contributed by atoms with Gasteiger partial charge >= 0.3 is 0 Å². The van der Waals surface area contributed by atoms with Crippen LogP contribution in [-0.4, -0.2) is 42.9 Å². The van der Waals surface area contributed by atoms with Crippen LogP contribution in [0.5, 0.6) is 0 Å². The molecule has 1 aromatic rings. The molecule has 1 rings (SSSR count). The molecular weight excluding hydrogens is 245 g/mol. The normalized spacial score (nSPS) is 12.9. The number of rotatable bonds is 9. The summed E-state index contributed by atoms with van der Waals surface area (Å²) in [5.41, 5.74) is 0.904. The summed E-state index contributed by atoms with van der Waals surface area (Å²) in [6.07, 6.45) is 1.61. The van der Waals surface area contributed by atoms with Crippen molar-refractivity contribution in [3.63, 3.8) is 0 Å². The van der Waals surface area contributed by atoms with Crippen LogP contribution >= 0.6 is 0 Å². The van der Waals surface area contributed by atoms with Crippen LogP contribution in [0.1, 0.15) is 25.3 Å². The molecule has 0 saturated heterocycles. The molecule has 0 fully saturated rings. The Morgan fingerprint density at radius 3 is 2.89 bits per heavy atom. The van der Waals surface area contributed by atoms with Crippen molar-refractivity contribution in [3.8, 4) is 0 Å². The molecule has 0 aliphatic carbocycles. The molecule has 3 nitrogen and oxygen atoms in total. The highest BCUT2D eigenvalue weighted by Gasteiger charge is 2.09. The van der Waals surface area contributed by atoms with Crippen molar-refractivity contribution in [1.29, 1.82) is 0 Å².